The van der Waals surface area contributed by atoms with Crippen LogP contribution >= 0.6 is 11.6 Å². The number of imidazole rings is 1. The fourth-order valence-electron chi connectivity index (χ4n) is 3.85. The number of anilines is 1. The van der Waals surface area contributed by atoms with E-state index < -0.39 is 0 Å². The predicted molar refractivity (Wildman–Crippen MR) is 129 cm³/mol. The van der Waals surface area contributed by atoms with Gasteiger partial charge in [0.15, 0.2) is 0 Å². The van der Waals surface area contributed by atoms with Gasteiger partial charge in [0.1, 0.15) is 12.3 Å². The van der Waals surface area contributed by atoms with Gasteiger partial charge in [-0.3, -0.25) is 9.59 Å². The Bertz CT molecular complexity index is 1570. The first-order valence-electron chi connectivity index (χ1n) is 10.2. The summed E-state index contributed by atoms with van der Waals surface area (Å²) in [4.78, 5) is 30.8. The molecule has 2 heterocycles. The van der Waals surface area contributed by atoms with Crippen molar-refractivity contribution in [1.29, 1.82) is 0 Å². The van der Waals surface area contributed by atoms with Crippen LogP contribution in [0.4, 0.5) is 5.69 Å². The zero-order valence-electron chi connectivity index (χ0n) is 17.7. The van der Waals surface area contributed by atoms with Crippen LogP contribution < -0.4 is 15.6 Å². The smallest absolute Gasteiger partial charge is 0.260 e. The van der Waals surface area contributed by atoms with E-state index in [0.717, 1.165) is 11.1 Å². The summed E-state index contributed by atoms with van der Waals surface area (Å²) in [6, 6.07) is 23.2. The first-order valence-corrected chi connectivity index (χ1v) is 10.6. The van der Waals surface area contributed by atoms with E-state index in [0.29, 0.717) is 33.4 Å². The van der Waals surface area contributed by atoms with E-state index in [-0.39, 0.29) is 18.0 Å². The Morgan fingerprint density at radius 1 is 1.00 bits per heavy atom. The second-order valence-electron chi connectivity index (χ2n) is 7.45. The number of carbonyl (C=O) groups excluding carboxylic acids is 1. The number of aromatic nitrogens is 3. The summed E-state index contributed by atoms with van der Waals surface area (Å²) < 4.78 is 8.55. The van der Waals surface area contributed by atoms with E-state index in [1.807, 2.05) is 48.5 Å². The highest BCUT2D eigenvalue weighted by atomic mass is 35.5. The van der Waals surface area contributed by atoms with Crippen LogP contribution in [0.3, 0.4) is 0 Å². The molecular formula is C25H19ClN4O3. The normalized spacial score (nSPS) is 11.1. The molecule has 0 aliphatic carbocycles. The SMILES string of the molecule is COc1cccc(-c2cc(=O)n3c4ccccc4n(CC(=O)Nc4ccccc4Cl)c3n2)c1. The fraction of sp³-hybridized carbons (Fsp3) is 0.0800. The number of ether oxygens (including phenoxy) is 1. The number of benzene rings is 3. The van der Waals surface area contributed by atoms with E-state index in [1.54, 1.807) is 35.9 Å². The van der Waals surface area contributed by atoms with Gasteiger partial charge in [0.25, 0.3) is 5.56 Å². The van der Waals surface area contributed by atoms with Gasteiger partial charge in [-0.25, -0.2) is 9.38 Å². The summed E-state index contributed by atoms with van der Waals surface area (Å²) in [5.74, 6) is 0.748. The highest BCUT2D eigenvalue weighted by molar-refractivity contribution is 6.33. The van der Waals surface area contributed by atoms with E-state index in [1.165, 1.54) is 10.5 Å². The summed E-state index contributed by atoms with van der Waals surface area (Å²) in [6.45, 7) is -0.0454. The van der Waals surface area contributed by atoms with Crippen LogP contribution in [-0.4, -0.2) is 27.0 Å². The van der Waals surface area contributed by atoms with Crippen molar-refractivity contribution in [2.24, 2.45) is 0 Å². The zero-order valence-corrected chi connectivity index (χ0v) is 18.4. The molecule has 0 radical (unpaired) electrons. The summed E-state index contributed by atoms with van der Waals surface area (Å²) in [6.07, 6.45) is 0. The number of rotatable bonds is 5. The standard InChI is InChI=1S/C25H19ClN4O3/c1-33-17-8-6-7-16(13-17)20-14-24(32)30-22-12-5-4-11-21(22)29(25(30)28-20)15-23(31)27-19-10-3-2-9-18(19)26/h2-14H,15H2,1H3,(H,27,31). The molecule has 0 fully saturated rings. The van der Waals surface area contributed by atoms with Gasteiger partial charge in [0.05, 0.1) is 34.5 Å². The second-order valence-corrected chi connectivity index (χ2v) is 7.86. The number of nitrogens with zero attached hydrogens (tertiary/aromatic N) is 3. The number of carbonyl (C=O) groups is 1. The Labute approximate surface area is 193 Å². The molecule has 0 bridgehead atoms. The zero-order chi connectivity index (χ0) is 22.9. The van der Waals surface area contributed by atoms with Gasteiger partial charge in [-0.05, 0) is 36.4 Å². The van der Waals surface area contributed by atoms with Crippen molar-refractivity contribution in [2.75, 3.05) is 12.4 Å². The molecule has 0 aliphatic heterocycles. The Hall–Kier alpha value is -4.10. The van der Waals surface area contributed by atoms with Gasteiger partial charge < -0.3 is 14.6 Å². The minimum Gasteiger partial charge on any atom is -0.497 e. The maximum absolute atomic E-state index is 13.1. The van der Waals surface area contributed by atoms with Gasteiger partial charge in [0, 0.05) is 11.6 Å². The van der Waals surface area contributed by atoms with Crippen LogP contribution in [-0.2, 0) is 11.3 Å². The van der Waals surface area contributed by atoms with Crippen molar-refractivity contribution in [2.45, 2.75) is 6.54 Å². The Balaban J connectivity index is 1.65. The number of nitrogens with one attached hydrogen (secondary N) is 1. The van der Waals surface area contributed by atoms with Gasteiger partial charge in [-0.1, -0.05) is 48.0 Å². The topological polar surface area (TPSA) is 77.6 Å². The van der Waals surface area contributed by atoms with Crippen molar-refractivity contribution in [3.63, 3.8) is 0 Å². The molecule has 5 aromatic rings. The maximum Gasteiger partial charge on any atom is 0.260 e. The molecule has 7 nitrogen and oxygen atoms in total. The fourth-order valence-corrected chi connectivity index (χ4v) is 4.03. The molecule has 1 amide bonds. The van der Waals surface area contributed by atoms with E-state index in [2.05, 4.69) is 5.32 Å². The molecule has 0 unspecified atom stereocenters. The monoisotopic (exact) mass is 458 g/mol. The number of para-hydroxylation sites is 3. The van der Waals surface area contributed by atoms with Crippen LogP contribution in [0.5, 0.6) is 5.75 Å². The molecule has 2 aromatic heterocycles. The third-order valence-electron chi connectivity index (χ3n) is 5.37. The first kappa shape index (κ1) is 20.8. The number of halogens is 1. The van der Waals surface area contributed by atoms with Crippen molar-refractivity contribution in [3.05, 3.63) is 94.2 Å². The van der Waals surface area contributed by atoms with E-state index in [9.17, 15) is 9.59 Å². The van der Waals surface area contributed by atoms with Gasteiger partial charge in [0.2, 0.25) is 11.7 Å². The second kappa shape index (κ2) is 8.44. The molecule has 0 atom stereocenters. The average Bonchev–Trinajstić information content (AvgIpc) is 3.14. The number of fused-ring (bicyclic) bond motifs is 3. The molecule has 164 valence electrons. The third kappa shape index (κ3) is 3.83. The summed E-state index contributed by atoms with van der Waals surface area (Å²) in [7, 11) is 1.58. The Kier molecular flexibility index (Phi) is 5.32. The molecule has 1 N–H and O–H groups in total. The maximum atomic E-state index is 13.1. The Morgan fingerprint density at radius 2 is 1.76 bits per heavy atom. The van der Waals surface area contributed by atoms with Gasteiger partial charge in [-0.15, -0.1) is 0 Å². The van der Waals surface area contributed by atoms with Crippen LogP contribution in [0.1, 0.15) is 0 Å². The van der Waals surface area contributed by atoms with Gasteiger partial charge in [-0.2, -0.15) is 0 Å². The molecule has 0 saturated carbocycles. The quantitative estimate of drug-likeness (QED) is 0.417. The van der Waals surface area contributed by atoms with Crippen molar-refractivity contribution < 1.29 is 9.53 Å². The Morgan fingerprint density at radius 3 is 2.55 bits per heavy atom. The van der Waals surface area contributed by atoms with Crippen LogP contribution in [0.2, 0.25) is 5.02 Å². The number of hydrogen-bond acceptors (Lipinski definition) is 4. The van der Waals surface area contributed by atoms with Crippen LogP contribution in [0, 0.1) is 0 Å². The molecule has 0 saturated heterocycles. The van der Waals surface area contributed by atoms with Crippen molar-refractivity contribution in [3.8, 4) is 17.0 Å². The van der Waals surface area contributed by atoms with Crippen molar-refractivity contribution in [1.82, 2.24) is 14.0 Å². The number of methoxy groups -OCH3 is 1. The summed E-state index contributed by atoms with van der Waals surface area (Å²) in [5, 5.41) is 3.28. The molecule has 33 heavy (non-hydrogen) atoms. The molecule has 0 spiro atoms. The number of amides is 1. The minimum atomic E-state index is -0.285. The molecular weight excluding hydrogens is 440 g/mol. The van der Waals surface area contributed by atoms with Crippen LogP contribution in [0.25, 0.3) is 28.1 Å². The van der Waals surface area contributed by atoms with E-state index in [4.69, 9.17) is 21.3 Å². The molecule has 0 aliphatic rings. The van der Waals surface area contributed by atoms with Crippen LogP contribution in [0.15, 0.2) is 83.7 Å². The minimum absolute atomic E-state index is 0.0454. The third-order valence-corrected chi connectivity index (χ3v) is 5.70. The average molecular weight is 459 g/mol. The molecule has 8 heteroatoms. The van der Waals surface area contributed by atoms with E-state index >= 15 is 0 Å². The lowest BCUT2D eigenvalue weighted by atomic mass is 10.1. The summed E-state index contributed by atoms with van der Waals surface area (Å²) >= 11 is 6.18. The first-order chi connectivity index (χ1) is 16.0. The lowest BCUT2D eigenvalue weighted by Gasteiger charge is -2.10. The van der Waals surface area contributed by atoms with Gasteiger partial charge >= 0.3 is 0 Å². The lowest BCUT2D eigenvalue weighted by molar-refractivity contribution is -0.116. The molecule has 5 rings (SSSR count). The highest BCUT2D eigenvalue weighted by Gasteiger charge is 2.17. The predicted octanol–water partition coefficient (Wildman–Crippen LogP) is 4.62. The largest absolute Gasteiger partial charge is 0.497 e. The number of hydrogen-bond donors (Lipinski definition) is 1. The lowest BCUT2D eigenvalue weighted by Crippen LogP contribution is -2.20. The molecule has 3 aromatic carbocycles. The van der Waals surface area contributed by atoms with Crippen molar-refractivity contribution >= 4 is 40.0 Å². The highest BCUT2D eigenvalue weighted by Crippen LogP contribution is 2.25. The summed E-state index contributed by atoms with van der Waals surface area (Å²) in [5.41, 5.74) is 2.92.